The minimum absolute atomic E-state index is 0.00573. The molecule has 29 heavy (non-hydrogen) atoms. The monoisotopic (exact) mass is 422 g/mol. The van der Waals surface area contributed by atoms with Crippen LogP contribution < -0.4 is 10.9 Å². The van der Waals surface area contributed by atoms with Crippen molar-refractivity contribution in [3.8, 4) is 0 Å². The van der Waals surface area contributed by atoms with E-state index in [1.807, 2.05) is 0 Å². The average Bonchev–Trinajstić information content (AvgIpc) is 3.01. The van der Waals surface area contributed by atoms with E-state index in [0.717, 1.165) is 46.5 Å². The van der Waals surface area contributed by atoms with Crippen LogP contribution in [0.1, 0.15) is 29.3 Å². The summed E-state index contributed by atoms with van der Waals surface area (Å²) in [6.07, 6.45) is -1.85. The van der Waals surface area contributed by atoms with Gasteiger partial charge in [0.25, 0.3) is 5.56 Å². The van der Waals surface area contributed by atoms with E-state index in [4.69, 9.17) is 0 Å². The molecule has 1 amide bonds. The first-order valence-corrected chi connectivity index (χ1v) is 9.89. The molecule has 4 rings (SSSR count). The molecule has 1 aliphatic rings. The van der Waals surface area contributed by atoms with Gasteiger partial charge >= 0.3 is 6.18 Å². The van der Waals surface area contributed by atoms with Gasteiger partial charge < -0.3 is 5.32 Å². The number of rotatable bonds is 3. The first-order valence-electron chi connectivity index (χ1n) is 9.07. The lowest BCUT2D eigenvalue weighted by molar-refractivity contribution is -0.137. The van der Waals surface area contributed by atoms with Gasteiger partial charge in [-0.25, -0.2) is 4.68 Å². The van der Waals surface area contributed by atoms with Gasteiger partial charge in [0.05, 0.1) is 10.9 Å². The van der Waals surface area contributed by atoms with E-state index in [0.29, 0.717) is 16.1 Å². The van der Waals surface area contributed by atoms with Gasteiger partial charge in [-0.05, 0) is 48.9 Å². The molecule has 0 saturated carbocycles. The third-order valence-corrected chi connectivity index (χ3v) is 6.09. The van der Waals surface area contributed by atoms with Crippen LogP contribution in [0.5, 0.6) is 0 Å². The van der Waals surface area contributed by atoms with Gasteiger partial charge in [-0.2, -0.15) is 13.2 Å². The van der Waals surface area contributed by atoms with Crippen LogP contribution in [-0.2, 0) is 30.4 Å². The van der Waals surface area contributed by atoms with Gasteiger partial charge in [-0.15, -0.1) is 16.4 Å². The van der Waals surface area contributed by atoms with E-state index in [9.17, 15) is 22.8 Å². The van der Waals surface area contributed by atoms with Gasteiger partial charge in [0.2, 0.25) is 5.91 Å². The highest BCUT2D eigenvalue weighted by molar-refractivity contribution is 7.18. The van der Waals surface area contributed by atoms with Gasteiger partial charge in [-0.3, -0.25) is 9.59 Å². The number of anilines is 1. The number of hydrogen-bond donors (Lipinski definition) is 1. The summed E-state index contributed by atoms with van der Waals surface area (Å²) < 4.78 is 39.4. The molecule has 1 atom stereocenters. The molecule has 1 aliphatic carbocycles. The second-order valence-corrected chi connectivity index (χ2v) is 8.29. The zero-order chi connectivity index (χ0) is 20.8. The molecule has 0 radical (unpaired) electrons. The van der Waals surface area contributed by atoms with E-state index in [1.165, 1.54) is 23.5 Å². The number of nitrogens with zero attached hydrogens (tertiary/aromatic N) is 3. The van der Waals surface area contributed by atoms with E-state index in [1.54, 1.807) is 0 Å². The molecule has 0 aliphatic heterocycles. The lowest BCUT2D eigenvalue weighted by Crippen LogP contribution is -2.30. The minimum atomic E-state index is -4.51. The van der Waals surface area contributed by atoms with E-state index >= 15 is 0 Å². The Labute approximate surface area is 167 Å². The lowest BCUT2D eigenvalue weighted by Gasteiger charge is -2.17. The maximum absolute atomic E-state index is 12.9. The summed E-state index contributed by atoms with van der Waals surface area (Å²) in [5, 5.41) is 10.8. The summed E-state index contributed by atoms with van der Waals surface area (Å²) in [6, 6.07) is 4.31. The van der Waals surface area contributed by atoms with E-state index < -0.39 is 29.8 Å². The molecule has 2 aromatic heterocycles. The van der Waals surface area contributed by atoms with Gasteiger partial charge in [0.15, 0.2) is 4.83 Å². The van der Waals surface area contributed by atoms with Crippen LogP contribution in [0.25, 0.3) is 10.2 Å². The fourth-order valence-corrected chi connectivity index (χ4v) is 4.82. The van der Waals surface area contributed by atoms with E-state index in [-0.39, 0.29) is 5.69 Å². The molecule has 0 bridgehead atoms. The zero-order valence-corrected chi connectivity index (χ0v) is 16.2. The smallest absolute Gasteiger partial charge is 0.324 e. The Kier molecular flexibility index (Phi) is 4.89. The predicted molar refractivity (Wildman–Crippen MR) is 103 cm³/mol. The number of aryl methyl sites for hydroxylation is 1. The van der Waals surface area contributed by atoms with Crippen LogP contribution in [0.15, 0.2) is 29.1 Å². The molecule has 1 N–H and O–H groups in total. The Morgan fingerprint density at radius 1 is 1.38 bits per heavy atom. The average molecular weight is 422 g/mol. The lowest BCUT2D eigenvalue weighted by atomic mass is 9.89. The molecule has 3 aromatic rings. The Morgan fingerprint density at radius 3 is 2.93 bits per heavy atom. The highest BCUT2D eigenvalue weighted by Gasteiger charge is 2.30. The van der Waals surface area contributed by atoms with Crippen molar-refractivity contribution in [3.05, 3.63) is 50.6 Å². The van der Waals surface area contributed by atoms with Crippen molar-refractivity contribution in [1.29, 1.82) is 0 Å². The fourth-order valence-electron chi connectivity index (χ4n) is 3.50. The first-order chi connectivity index (χ1) is 13.7. The fraction of sp³-hybridized carbons (Fsp3) is 0.368. The van der Waals surface area contributed by atoms with Crippen molar-refractivity contribution in [2.45, 2.75) is 38.9 Å². The SMILES string of the molecule is C[C@@H]1CCc2c(sc3nnn(CC(=O)Nc4cccc(C(F)(F)F)c4)c(=O)c23)C1. The van der Waals surface area contributed by atoms with Crippen molar-refractivity contribution in [1.82, 2.24) is 15.0 Å². The number of carbonyl (C=O) groups excluding carboxylic acids is 1. The highest BCUT2D eigenvalue weighted by atomic mass is 32.1. The van der Waals surface area contributed by atoms with Crippen LogP contribution in [0.4, 0.5) is 18.9 Å². The van der Waals surface area contributed by atoms with Crippen molar-refractivity contribution in [2.75, 3.05) is 5.32 Å². The summed E-state index contributed by atoms with van der Waals surface area (Å²) >= 11 is 1.46. The van der Waals surface area contributed by atoms with Crippen molar-refractivity contribution in [3.63, 3.8) is 0 Å². The number of thiophene rings is 1. The number of carbonyl (C=O) groups is 1. The number of hydrogen-bond acceptors (Lipinski definition) is 5. The maximum Gasteiger partial charge on any atom is 0.416 e. The third kappa shape index (κ3) is 3.89. The summed E-state index contributed by atoms with van der Waals surface area (Å²) in [7, 11) is 0. The predicted octanol–water partition coefficient (Wildman–Crippen LogP) is 3.64. The molecular formula is C19H17F3N4O2S. The Morgan fingerprint density at radius 2 is 2.17 bits per heavy atom. The summed E-state index contributed by atoms with van der Waals surface area (Å²) in [5.41, 5.74) is -0.294. The molecule has 6 nitrogen and oxygen atoms in total. The summed E-state index contributed by atoms with van der Waals surface area (Å²) in [5.74, 6) is -0.109. The second-order valence-electron chi connectivity index (χ2n) is 7.21. The number of benzene rings is 1. The van der Waals surface area contributed by atoms with Crippen LogP contribution in [0.2, 0.25) is 0 Å². The quantitative estimate of drug-likeness (QED) is 0.699. The maximum atomic E-state index is 12.9. The Bertz CT molecular complexity index is 1150. The molecular weight excluding hydrogens is 405 g/mol. The van der Waals surface area contributed by atoms with Gasteiger partial charge in [0, 0.05) is 10.6 Å². The Hall–Kier alpha value is -2.75. The molecule has 152 valence electrons. The minimum Gasteiger partial charge on any atom is -0.324 e. The normalized spacial score (nSPS) is 16.6. The molecule has 1 aromatic carbocycles. The molecule has 0 saturated heterocycles. The second kappa shape index (κ2) is 7.25. The number of nitrogens with one attached hydrogen (secondary N) is 1. The topological polar surface area (TPSA) is 76.9 Å². The standard InChI is InChI=1S/C19H17F3N4O2S/c1-10-5-6-13-14(7-10)29-17-16(13)18(28)26(25-24-17)9-15(27)23-12-4-2-3-11(8-12)19(20,21)22/h2-4,8,10H,5-7,9H2,1H3,(H,23,27)/t10-/m1/s1. The summed E-state index contributed by atoms with van der Waals surface area (Å²) in [6.45, 7) is 1.73. The number of amides is 1. The molecule has 0 fully saturated rings. The number of halogens is 3. The number of fused-ring (bicyclic) bond motifs is 3. The van der Waals surface area contributed by atoms with Crippen LogP contribution in [-0.4, -0.2) is 20.9 Å². The summed E-state index contributed by atoms with van der Waals surface area (Å²) in [4.78, 5) is 26.8. The zero-order valence-electron chi connectivity index (χ0n) is 15.4. The molecule has 2 heterocycles. The van der Waals surface area contributed by atoms with Crippen molar-refractivity contribution in [2.24, 2.45) is 5.92 Å². The van der Waals surface area contributed by atoms with E-state index in [2.05, 4.69) is 22.6 Å². The third-order valence-electron chi connectivity index (χ3n) is 4.95. The molecule has 0 unspecified atom stereocenters. The van der Waals surface area contributed by atoms with Crippen LogP contribution in [0, 0.1) is 5.92 Å². The van der Waals surface area contributed by atoms with Crippen molar-refractivity contribution >= 4 is 33.1 Å². The van der Waals surface area contributed by atoms with Gasteiger partial charge in [0.1, 0.15) is 6.54 Å². The number of aromatic nitrogens is 3. The van der Waals surface area contributed by atoms with Gasteiger partial charge in [-0.1, -0.05) is 18.2 Å². The highest BCUT2D eigenvalue weighted by Crippen LogP contribution is 2.35. The number of alkyl halides is 3. The molecule has 10 heteroatoms. The molecule has 0 spiro atoms. The van der Waals surface area contributed by atoms with Crippen LogP contribution >= 0.6 is 11.3 Å². The Balaban J connectivity index is 1.58. The largest absolute Gasteiger partial charge is 0.416 e. The van der Waals surface area contributed by atoms with Crippen molar-refractivity contribution < 1.29 is 18.0 Å². The van der Waals surface area contributed by atoms with Crippen LogP contribution in [0.3, 0.4) is 0 Å². The first kappa shape index (κ1) is 19.6.